The van der Waals surface area contributed by atoms with Gasteiger partial charge in [-0.2, -0.15) is 13.2 Å². The summed E-state index contributed by atoms with van der Waals surface area (Å²) >= 11 is 0. The van der Waals surface area contributed by atoms with E-state index in [1.807, 2.05) is 0 Å². The van der Waals surface area contributed by atoms with Crippen LogP contribution in [0.2, 0.25) is 0 Å². The van der Waals surface area contributed by atoms with Gasteiger partial charge in [0.05, 0.1) is 19.2 Å². The van der Waals surface area contributed by atoms with E-state index in [0.717, 1.165) is 6.26 Å². The third-order valence-electron chi connectivity index (χ3n) is 2.14. The number of guanidine groups is 1. The Bertz CT molecular complexity index is 453. The van der Waals surface area contributed by atoms with Crippen LogP contribution in [0.1, 0.15) is 27.2 Å². The number of hydrogen-bond donors (Lipinski definition) is 3. The SMILES string of the molecule is CCNC(=NCC(C)(C)NS(C)(=O)=O)NCCC(F)(F)F.I. The summed E-state index contributed by atoms with van der Waals surface area (Å²) in [5.74, 6) is 0.213. The molecule has 0 radical (unpaired) electrons. The summed E-state index contributed by atoms with van der Waals surface area (Å²) in [6.07, 6.45) is -4.17. The number of halogens is 4. The van der Waals surface area contributed by atoms with Gasteiger partial charge in [0, 0.05) is 18.6 Å². The zero-order chi connectivity index (χ0) is 16.7. The van der Waals surface area contributed by atoms with Crippen LogP contribution in [0.25, 0.3) is 0 Å². The van der Waals surface area contributed by atoms with Crippen molar-refractivity contribution >= 4 is 40.0 Å². The van der Waals surface area contributed by atoms with Crippen LogP contribution >= 0.6 is 24.0 Å². The van der Waals surface area contributed by atoms with Crippen molar-refractivity contribution in [2.75, 3.05) is 25.9 Å². The van der Waals surface area contributed by atoms with Gasteiger partial charge in [0.15, 0.2) is 5.96 Å². The molecule has 22 heavy (non-hydrogen) atoms. The molecule has 0 bridgehead atoms. The van der Waals surface area contributed by atoms with E-state index in [1.165, 1.54) is 0 Å². The van der Waals surface area contributed by atoms with E-state index in [-0.39, 0.29) is 43.0 Å². The molecule has 0 aromatic rings. The Morgan fingerprint density at radius 3 is 2.14 bits per heavy atom. The van der Waals surface area contributed by atoms with Crippen LogP contribution in [0.15, 0.2) is 4.99 Å². The molecule has 0 atom stereocenters. The van der Waals surface area contributed by atoms with Crippen LogP contribution in [-0.4, -0.2) is 52.0 Å². The van der Waals surface area contributed by atoms with Gasteiger partial charge in [0.25, 0.3) is 0 Å². The summed E-state index contributed by atoms with van der Waals surface area (Å²) in [4.78, 5) is 4.09. The van der Waals surface area contributed by atoms with Gasteiger partial charge in [0.2, 0.25) is 10.0 Å². The minimum absolute atomic E-state index is 0. The largest absolute Gasteiger partial charge is 0.390 e. The van der Waals surface area contributed by atoms with E-state index in [0.29, 0.717) is 6.54 Å². The Balaban J connectivity index is 0. The molecule has 0 spiro atoms. The van der Waals surface area contributed by atoms with Crippen LogP contribution in [0.5, 0.6) is 0 Å². The topological polar surface area (TPSA) is 82.6 Å². The Hall–Kier alpha value is -0.300. The molecule has 0 amide bonds. The predicted molar refractivity (Wildman–Crippen MR) is 92.1 cm³/mol. The van der Waals surface area contributed by atoms with E-state index in [2.05, 4.69) is 20.3 Å². The molecule has 0 saturated heterocycles. The summed E-state index contributed by atoms with van der Waals surface area (Å²) in [5.41, 5.74) is -0.833. The van der Waals surface area contributed by atoms with Crippen LogP contribution in [0.4, 0.5) is 13.2 Å². The zero-order valence-electron chi connectivity index (χ0n) is 13.0. The van der Waals surface area contributed by atoms with Crippen LogP contribution in [0.3, 0.4) is 0 Å². The van der Waals surface area contributed by atoms with Crippen LogP contribution < -0.4 is 15.4 Å². The first-order valence-corrected chi connectivity index (χ1v) is 8.32. The molecule has 0 saturated carbocycles. The molecule has 0 aliphatic heterocycles. The molecule has 0 heterocycles. The molecule has 0 aliphatic carbocycles. The molecule has 0 aliphatic rings. The minimum atomic E-state index is -4.23. The van der Waals surface area contributed by atoms with Crippen LogP contribution in [-0.2, 0) is 10.0 Å². The highest BCUT2D eigenvalue weighted by atomic mass is 127. The number of aliphatic imine (C=N–C) groups is 1. The maximum Gasteiger partial charge on any atom is 0.390 e. The quantitative estimate of drug-likeness (QED) is 0.305. The Labute approximate surface area is 146 Å². The van der Waals surface area contributed by atoms with E-state index < -0.39 is 28.2 Å². The molecular weight excluding hydrogens is 436 g/mol. The van der Waals surface area contributed by atoms with Gasteiger partial charge in [-0.15, -0.1) is 24.0 Å². The van der Waals surface area contributed by atoms with Crippen molar-refractivity contribution in [2.45, 2.75) is 38.9 Å². The summed E-state index contributed by atoms with van der Waals surface area (Å²) in [6, 6.07) is 0. The lowest BCUT2D eigenvalue weighted by Gasteiger charge is -2.23. The van der Waals surface area contributed by atoms with E-state index >= 15 is 0 Å². The van der Waals surface area contributed by atoms with Crippen molar-refractivity contribution < 1.29 is 21.6 Å². The van der Waals surface area contributed by atoms with E-state index in [1.54, 1.807) is 20.8 Å². The number of hydrogen-bond acceptors (Lipinski definition) is 3. The summed E-state index contributed by atoms with van der Waals surface area (Å²) in [5, 5.41) is 5.35. The molecule has 0 rings (SSSR count). The van der Waals surface area contributed by atoms with Crippen molar-refractivity contribution in [1.82, 2.24) is 15.4 Å². The Morgan fingerprint density at radius 1 is 1.18 bits per heavy atom. The van der Waals surface area contributed by atoms with Gasteiger partial charge >= 0.3 is 6.18 Å². The second-order valence-electron chi connectivity index (χ2n) is 5.25. The van der Waals surface area contributed by atoms with E-state index in [4.69, 9.17) is 0 Å². The molecule has 11 heteroatoms. The van der Waals surface area contributed by atoms with Crippen molar-refractivity contribution in [2.24, 2.45) is 4.99 Å². The zero-order valence-corrected chi connectivity index (χ0v) is 16.2. The fraction of sp³-hybridized carbons (Fsp3) is 0.909. The molecule has 0 aromatic heterocycles. The van der Waals surface area contributed by atoms with Crippen molar-refractivity contribution in [1.29, 1.82) is 0 Å². The standard InChI is InChI=1S/C11H23F3N4O2S.HI/c1-5-15-9(16-7-6-11(12,13)14)17-8-10(2,3)18-21(4,19)20;/h18H,5-8H2,1-4H3,(H2,15,16,17);1H. The Morgan fingerprint density at radius 2 is 1.73 bits per heavy atom. The fourth-order valence-corrected chi connectivity index (χ4v) is 2.54. The van der Waals surface area contributed by atoms with Crippen molar-refractivity contribution in [3.05, 3.63) is 0 Å². The monoisotopic (exact) mass is 460 g/mol. The lowest BCUT2D eigenvalue weighted by atomic mass is 10.1. The van der Waals surface area contributed by atoms with Crippen LogP contribution in [0, 0.1) is 0 Å². The molecule has 0 aromatic carbocycles. The average Bonchev–Trinajstić information content (AvgIpc) is 2.21. The summed E-state index contributed by atoms with van der Waals surface area (Å²) < 4.78 is 61.0. The maximum absolute atomic E-state index is 12.1. The first kappa shape index (κ1) is 24.0. The second kappa shape index (κ2) is 9.75. The number of nitrogens with zero attached hydrogens (tertiary/aromatic N) is 1. The molecule has 6 nitrogen and oxygen atoms in total. The van der Waals surface area contributed by atoms with Gasteiger partial charge in [-0.25, -0.2) is 13.1 Å². The number of alkyl halides is 3. The first-order valence-electron chi connectivity index (χ1n) is 6.42. The van der Waals surface area contributed by atoms with Gasteiger partial charge in [0.1, 0.15) is 0 Å². The highest BCUT2D eigenvalue weighted by Gasteiger charge is 2.26. The molecular formula is C11H24F3IN4O2S. The first-order chi connectivity index (χ1) is 9.35. The van der Waals surface area contributed by atoms with E-state index in [9.17, 15) is 21.6 Å². The third-order valence-corrected chi connectivity index (χ3v) is 3.06. The van der Waals surface area contributed by atoms with Gasteiger partial charge in [-0.05, 0) is 20.8 Å². The number of rotatable bonds is 7. The van der Waals surface area contributed by atoms with Crippen molar-refractivity contribution in [3.63, 3.8) is 0 Å². The summed E-state index contributed by atoms with van der Waals surface area (Å²) in [7, 11) is -3.39. The van der Waals surface area contributed by atoms with Gasteiger partial charge in [-0.3, -0.25) is 4.99 Å². The highest BCUT2D eigenvalue weighted by molar-refractivity contribution is 14.0. The normalized spacial score (nSPS) is 13.5. The lowest BCUT2D eigenvalue weighted by Crippen LogP contribution is -2.47. The van der Waals surface area contributed by atoms with Crippen molar-refractivity contribution in [3.8, 4) is 0 Å². The third kappa shape index (κ3) is 14.6. The fourth-order valence-electron chi connectivity index (χ4n) is 1.48. The highest BCUT2D eigenvalue weighted by Crippen LogP contribution is 2.18. The average molecular weight is 460 g/mol. The molecule has 0 unspecified atom stereocenters. The number of nitrogens with one attached hydrogen (secondary N) is 3. The summed E-state index contributed by atoms with van der Waals surface area (Å²) in [6.45, 7) is 5.32. The smallest absolute Gasteiger partial charge is 0.357 e. The molecule has 3 N–H and O–H groups in total. The minimum Gasteiger partial charge on any atom is -0.357 e. The van der Waals surface area contributed by atoms with Gasteiger partial charge in [-0.1, -0.05) is 0 Å². The second-order valence-corrected chi connectivity index (χ2v) is 6.99. The number of sulfonamides is 1. The Kier molecular flexibility index (Phi) is 10.6. The predicted octanol–water partition coefficient (Wildman–Crippen LogP) is 1.44. The molecule has 134 valence electrons. The molecule has 0 fully saturated rings. The van der Waals surface area contributed by atoms with Gasteiger partial charge < -0.3 is 10.6 Å². The lowest BCUT2D eigenvalue weighted by molar-refractivity contribution is -0.132. The maximum atomic E-state index is 12.1.